The lowest BCUT2D eigenvalue weighted by atomic mass is 10.2. The number of rotatable bonds is 11. The molecule has 21 heavy (non-hydrogen) atoms. The highest BCUT2D eigenvalue weighted by molar-refractivity contribution is 5.86. The number of amides is 1. The van der Waals surface area contributed by atoms with Gasteiger partial charge in [-0.15, -0.1) is 0 Å². The van der Waals surface area contributed by atoms with Gasteiger partial charge in [-0.1, -0.05) is 6.58 Å². The molecule has 0 aromatic rings. The Bertz CT molecular complexity index is 330. The lowest BCUT2D eigenvalue weighted by molar-refractivity contribution is -0.142. The molecule has 0 atom stereocenters. The Balaban J connectivity index is 3.87. The molecule has 0 N–H and O–H groups in total. The van der Waals surface area contributed by atoms with Gasteiger partial charge in [0.15, 0.2) is 0 Å². The minimum atomic E-state index is -0.292. The van der Waals surface area contributed by atoms with Gasteiger partial charge in [-0.2, -0.15) is 0 Å². The van der Waals surface area contributed by atoms with Gasteiger partial charge in [0.05, 0.1) is 13.2 Å². The number of ether oxygens (including phenoxy) is 2. The third-order valence-corrected chi connectivity index (χ3v) is 2.74. The summed E-state index contributed by atoms with van der Waals surface area (Å²) in [4.78, 5) is 34.6. The number of hydrogen-bond acceptors (Lipinski definition) is 5. The van der Waals surface area contributed by atoms with Crippen LogP contribution < -0.4 is 0 Å². The van der Waals surface area contributed by atoms with E-state index in [-0.39, 0.29) is 17.8 Å². The van der Waals surface area contributed by atoms with E-state index in [1.54, 1.807) is 4.90 Å². The highest BCUT2D eigenvalue weighted by Crippen LogP contribution is 2.02. The van der Waals surface area contributed by atoms with Crippen LogP contribution in [0.25, 0.3) is 0 Å². The smallest absolute Gasteiger partial charge is 0.302 e. The number of nitrogens with zero attached hydrogens (tertiary/aromatic N) is 1. The molecule has 0 heterocycles. The Morgan fingerprint density at radius 3 is 1.67 bits per heavy atom. The predicted molar refractivity (Wildman–Crippen MR) is 78.5 cm³/mol. The minimum Gasteiger partial charge on any atom is -0.466 e. The van der Waals surface area contributed by atoms with Crippen molar-refractivity contribution in [3.8, 4) is 0 Å². The summed E-state index contributed by atoms with van der Waals surface area (Å²) in [5.74, 6) is -0.700. The van der Waals surface area contributed by atoms with Gasteiger partial charge < -0.3 is 14.4 Å². The summed E-state index contributed by atoms with van der Waals surface area (Å²) in [5, 5.41) is 0. The van der Waals surface area contributed by atoms with Crippen LogP contribution in [0.15, 0.2) is 12.7 Å². The monoisotopic (exact) mass is 299 g/mol. The van der Waals surface area contributed by atoms with Crippen molar-refractivity contribution in [1.82, 2.24) is 4.90 Å². The average molecular weight is 299 g/mol. The first-order valence-electron chi connectivity index (χ1n) is 7.15. The van der Waals surface area contributed by atoms with E-state index in [2.05, 4.69) is 6.58 Å². The Morgan fingerprint density at radius 1 is 0.905 bits per heavy atom. The van der Waals surface area contributed by atoms with Crippen LogP contribution in [-0.2, 0) is 23.9 Å². The van der Waals surface area contributed by atoms with Crippen LogP contribution in [0, 0.1) is 0 Å². The third-order valence-electron chi connectivity index (χ3n) is 2.74. The molecule has 0 bridgehead atoms. The van der Waals surface area contributed by atoms with E-state index in [4.69, 9.17) is 9.47 Å². The first-order valence-corrected chi connectivity index (χ1v) is 7.15. The quantitative estimate of drug-likeness (QED) is 0.330. The van der Waals surface area contributed by atoms with Crippen molar-refractivity contribution >= 4 is 17.8 Å². The average Bonchev–Trinajstić information content (AvgIpc) is 2.42. The SMILES string of the molecule is C=CC(=O)N(CCCCOC(C)=O)CCCCOC(C)=O. The van der Waals surface area contributed by atoms with Gasteiger partial charge in [0.1, 0.15) is 0 Å². The van der Waals surface area contributed by atoms with Crippen LogP contribution in [0.1, 0.15) is 39.5 Å². The molecular formula is C15H25NO5. The second-order valence-corrected chi connectivity index (χ2v) is 4.62. The molecule has 0 spiro atoms. The second-order valence-electron chi connectivity index (χ2n) is 4.62. The maximum Gasteiger partial charge on any atom is 0.302 e. The van der Waals surface area contributed by atoms with E-state index < -0.39 is 0 Å². The zero-order valence-electron chi connectivity index (χ0n) is 12.9. The normalized spacial score (nSPS) is 9.81. The maximum absolute atomic E-state index is 11.7. The fraction of sp³-hybridized carbons (Fsp3) is 0.667. The molecule has 1 amide bonds. The summed E-state index contributed by atoms with van der Waals surface area (Å²) in [6, 6.07) is 0. The summed E-state index contributed by atoms with van der Waals surface area (Å²) >= 11 is 0. The first-order chi connectivity index (χ1) is 9.97. The fourth-order valence-electron chi connectivity index (χ4n) is 1.70. The van der Waals surface area contributed by atoms with Gasteiger partial charge in [-0.05, 0) is 31.8 Å². The van der Waals surface area contributed by atoms with Crippen molar-refractivity contribution in [2.45, 2.75) is 39.5 Å². The van der Waals surface area contributed by atoms with Gasteiger partial charge in [0.2, 0.25) is 5.91 Å². The number of hydrogen-bond donors (Lipinski definition) is 0. The number of esters is 2. The largest absolute Gasteiger partial charge is 0.466 e. The fourth-order valence-corrected chi connectivity index (χ4v) is 1.70. The summed E-state index contributed by atoms with van der Waals surface area (Å²) in [7, 11) is 0. The molecule has 0 aliphatic heterocycles. The number of unbranched alkanes of at least 4 members (excludes halogenated alkanes) is 2. The Kier molecular flexibility index (Phi) is 10.9. The number of carbonyl (C=O) groups is 3. The van der Waals surface area contributed by atoms with Crippen molar-refractivity contribution in [1.29, 1.82) is 0 Å². The van der Waals surface area contributed by atoms with E-state index in [9.17, 15) is 14.4 Å². The van der Waals surface area contributed by atoms with E-state index in [1.807, 2.05) is 0 Å². The van der Waals surface area contributed by atoms with Gasteiger partial charge in [-0.3, -0.25) is 14.4 Å². The van der Waals surface area contributed by atoms with E-state index in [1.165, 1.54) is 19.9 Å². The molecule has 0 rings (SSSR count). The molecule has 0 unspecified atom stereocenters. The molecule has 0 aliphatic carbocycles. The van der Waals surface area contributed by atoms with Crippen molar-refractivity contribution in [2.75, 3.05) is 26.3 Å². The topological polar surface area (TPSA) is 72.9 Å². The molecule has 0 aliphatic rings. The molecule has 0 saturated carbocycles. The van der Waals surface area contributed by atoms with Crippen molar-refractivity contribution in [3.63, 3.8) is 0 Å². The molecule has 0 aromatic heterocycles. The molecule has 120 valence electrons. The first kappa shape index (κ1) is 19.1. The summed E-state index contributed by atoms with van der Waals surface area (Å²) in [5.41, 5.74) is 0. The van der Waals surface area contributed by atoms with Crippen LogP contribution in [0.2, 0.25) is 0 Å². The highest BCUT2D eigenvalue weighted by Gasteiger charge is 2.09. The lowest BCUT2D eigenvalue weighted by Crippen LogP contribution is -2.31. The Hall–Kier alpha value is -1.85. The standard InChI is InChI=1S/C15H25NO5/c1-4-15(19)16(9-5-7-11-20-13(2)17)10-6-8-12-21-14(3)18/h4H,1,5-12H2,2-3H3. The predicted octanol–water partition coefficient (Wildman–Crippen LogP) is 1.69. The van der Waals surface area contributed by atoms with E-state index in [0.717, 1.165) is 12.8 Å². The van der Waals surface area contributed by atoms with Crippen LogP contribution in [0.3, 0.4) is 0 Å². The van der Waals surface area contributed by atoms with E-state index >= 15 is 0 Å². The van der Waals surface area contributed by atoms with Gasteiger partial charge >= 0.3 is 11.9 Å². The van der Waals surface area contributed by atoms with Crippen LogP contribution in [0.5, 0.6) is 0 Å². The molecule has 0 aromatic carbocycles. The Morgan fingerprint density at radius 2 is 1.33 bits per heavy atom. The van der Waals surface area contributed by atoms with Crippen molar-refractivity contribution in [2.24, 2.45) is 0 Å². The maximum atomic E-state index is 11.7. The molecular weight excluding hydrogens is 274 g/mol. The number of carbonyl (C=O) groups excluding carboxylic acids is 3. The second kappa shape index (κ2) is 11.9. The highest BCUT2D eigenvalue weighted by atomic mass is 16.5. The zero-order chi connectivity index (χ0) is 16.1. The molecule has 6 nitrogen and oxygen atoms in total. The summed E-state index contributed by atoms with van der Waals surface area (Å²) in [6.07, 6.45) is 4.24. The lowest BCUT2D eigenvalue weighted by Gasteiger charge is -2.21. The Labute approximate surface area is 126 Å². The van der Waals surface area contributed by atoms with Crippen LogP contribution in [0.4, 0.5) is 0 Å². The zero-order valence-corrected chi connectivity index (χ0v) is 12.9. The molecule has 0 fully saturated rings. The van der Waals surface area contributed by atoms with Gasteiger partial charge in [-0.25, -0.2) is 0 Å². The summed E-state index contributed by atoms with van der Waals surface area (Å²) < 4.78 is 9.67. The minimum absolute atomic E-state index is 0.116. The van der Waals surface area contributed by atoms with Crippen molar-refractivity contribution < 1.29 is 23.9 Å². The van der Waals surface area contributed by atoms with Crippen LogP contribution >= 0.6 is 0 Å². The summed E-state index contributed by atoms with van der Waals surface area (Å²) in [6.45, 7) is 8.17. The van der Waals surface area contributed by atoms with Crippen LogP contribution in [-0.4, -0.2) is 49.0 Å². The van der Waals surface area contributed by atoms with Crippen molar-refractivity contribution in [3.05, 3.63) is 12.7 Å². The molecule has 0 radical (unpaired) electrons. The third kappa shape index (κ3) is 11.7. The molecule has 6 heteroatoms. The molecule has 0 saturated heterocycles. The van der Waals surface area contributed by atoms with Gasteiger partial charge in [0.25, 0.3) is 0 Å². The van der Waals surface area contributed by atoms with Gasteiger partial charge in [0, 0.05) is 26.9 Å². The van der Waals surface area contributed by atoms with E-state index in [0.29, 0.717) is 39.1 Å².